The summed E-state index contributed by atoms with van der Waals surface area (Å²) in [6.07, 6.45) is 5.59. The highest BCUT2D eigenvalue weighted by atomic mass is 35.5. The number of aromatic amines is 1. The van der Waals surface area contributed by atoms with Crippen LogP contribution in [0, 0.1) is 0 Å². The highest BCUT2D eigenvalue weighted by Crippen LogP contribution is 2.29. The zero-order chi connectivity index (χ0) is 12.8. The summed E-state index contributed by atoms with van der Waals surface area (Å²) < 4.78 is 1.76. The molecule has 4 nitrogen and oxygen atoms in total. The highest BCUT2D eigenvalue weighted by Gasteiger charge is 2.10. The standard InChI is InChI=1S/C14H9ClN4/c15-9-2-3-12-10(6-9)11(8-17-12)13-7-14-16-4-1-5-19(14)18-13/h1-8,17H. The van der Waals surface area contributed by atoms with Crippen LogP contribution in [-0.4, -0.2) is 19.6 Å². The Bertz CT molecular complexity index is 858. The lowest BCUT2D eigenvalue weighted by atomic mass is 10.1. The minimum Gasteiger partial charge on any atom is -0.360 e. The van der Waals surface area contributed by atoms with Crippen molar-refractivity contribution in [2.24, 2.45) is 0 Å². The first-order valence-corrected chi connectivity index (χ1v) is 6.26. The maximum absolute atomic E-state index is 6.06. The van der Waals surface area contributed by atoms with Gasteiger partial charge in [-0.15, -0.1) is 0 Å². The van der Waals surface area contributed by atoms with E-state index in [0.717, 1.165) is 32.8 Å². The van der Waals surface area contributed by atoms with E-state index in [1.54, 1.807) is 10.7 Å². The Morgan fingerprint density at radius 2 is 2.16 bits per heavy atom. The highest BCUT2D eigenvalue weighted by molar-refractivity contribution is 6.31. The van der Waals surface area contributed by atoms with Gasteiger partial charge in [0.15, 0.2) is 5.65 Å². The molecule has 0 atom stereocenters. The largest absolute Gasteiger partial charge is 0.360 e. The molecule has 0 saturated carbocycles. The van der Waals surface area contributed by atoms with E-state index in [2.05, 4.69) is 15.1 Å². The molecule has 19 heavy (non-hydrogen) atoms. The van der Waals surface area contributed by atoms with Crippen LogP contribution < -0.4 is 0 Å². The molecular formula is C14H9ClN4. The molecule has 3 heterocycles. The van der Waals surface area contributed by atoms with Crippen molar-refractivity contribution in [1.82, 2.24) is 19.6 Å². The molecule has 4 aromatic rings. The quantitative estimate of drug-likeness (QED) is 0.574. The minimum absolute atomic E-state index is 0.718. The molecule has 0 bridgehead atoms. The van der Waals surface area contributed by atoms with Crippen LogP contribution in [0.4, 0.5) is 0 Å². The molecule has 0 aliphatic rings. The Morgan fingerprint density at radius 3 is 3.05 bits per heavy atom. The summed E-state index contributed by atoms with van der Waals surface area (Å²) >= 11 is 6.06. The molecule has 1 N–H and O–H groups in total. The van der Waals surface area contributed by atoms with Crippen molar-refractivity contribution >= 4 is 28.2 Å². The number of fused-ring (bicyclic) bond motifs is 2. The molecule has 0 saturated heterocycles. The second kappa shape index (κ2) is 3.83. The summed E-state index contributed by atoms with van der Waals surface area (Å²) in [6, 6.07) is 9.60. The van der Waals surface area contributed by atoms with Crippen LogP contribution in [0.25, 0.3) is 27.8 Å². The number of H-pyrrole nitrogens is 1. The van der Waals surface area contributed by atoms with Crippen LogP contribution in [0.2, 0.25) is 5.02 Å². The van der Waals surface area contributed by atoms with Gasteiger partial charge in [-0.1, -0.05) is 11.6 Å². The van der Waals surface area contributed by atoms with Crippen molar-refractivity contribution in [3.63, 3.8) is 0 Å². The van der Waals surface area contributed by atoms with Gasteiger partial charge in [-0.2, -0.15) is 5.10 Å². The minimum atomic E-state index is 0.718. The van der Waals surface area contributed by atoms with Crippen molar-refractivity contribution in [1.29, 1.82) is 0 Å². The number of nitrogens with zero attached hydrogens (tertiary/aromatic N) is 3. The van der Waals surface area contributed by atoms with E-state index in [1.165, 1.54) is 0 Å². The predicted octanol–water partition coefficient (Wildman–Crippen LogP) is 3.53. The van der Waals surface area contributed by atoms with E-state index in [9.17, 15) is 0 Å². The van der Waals surface area contributed by atoms with Crippen molar-refractivity contribution < 1.29 is 0 Å². The Balaban J connectivity index is 2.00. The summed E-state index contributed by atoms with van der Waals surface area (Å²) in [5.41, 5.74) is 3.79. The summed E-state index contributed by atoms with van der Waals surface area (Å²) in [5, 5.41) is 6.31. The zero-order valence-corrected chi connectivity index (χ0v) is 10.6. The first-order chi connectivity index (χ1) is 9.31. The van der Waals surface area contributed by atoms with Gasteiger partial charge in [0.25, 0.3) is 0 Å². The first kappa shape index (κ1) is 10.6. The van der Waals surface area contributed by atoms with Crippen molar-refractivity contribution in [2.45, 2.75) is 0 Å². The summed E-state index contributed by atoms with van der Waals surface area (Å²) in [4.78, 5) is 7.50. The smallest absolute Gasteiger partial charge is 0.155 e. The Kier molecular flexibility index (Phi) is 2.13. The molecule has 0 spiro atoms. The fourth-order valence-corrected chi connectivity index (χ4v) is 2.44. The number of hydrogen-bond donors (Lipinski definition) is 1. The molecule has 0 fully saturated rings. The molecule has 0 aliphatic heterocycles. The van der Waals surface area contributed by atoms with Gasteiger partial charge in [-0.05, 0) is 24.3 Å². The fraction of sp³-hybridized carbons (Fsp3) is 0. The maximum Gasteiger partial charge on any atom is 0.155 e. The SMILES string of the molecule is Clc1ccc2[nH]cc(-c3cc4ncccn4n3)c2c1. The number of nitrogens with one attached hydrogen (secondary N) is 1. The molecule has 0 amide bonds. The van der Waals surface area contributed by atoms with Gasteiger partial charge in [0.1, 0.15) is 0 Å². The van der Waals surface area contributed by atoms with Crippen molar-refractivity contribution in [3.8, 4) is 11.3 Å². The van der Waals surface area contributed by atoms with Crippen LogP contribution in [-0.2, 0) is 0 Å². The Morgan fingerprint density at radius 1 is 1.21 bits per heavy atom. The lowest BCUT2D eigenvalue weighted by Gasteiger charge is -1.95. The van der Waals surface area contributed by atoms with Crippen molar-refractivity contribution in [3.05, 3.63) is 53.9 Å². The zero-order valence-electron chi connectivity index (χ0n) is 9.84. The third-order valence-electron chi connectivity index (χ3n) is 3.16. The van der Waals surface area contributed by atoms with Crippen LogP contribution in [0.15, 0.2) is 48.9 Å². The van der Waals surface area contributed by atoms with Crippen LogP contribution >= 0.6 is 11.6 Å². The van der Waals surface area contributed by atoms with Gasteiger partial charge < -0.3 is 4.98 Å². The molecular weight excluding hydrogens is 260 g/mol. The van der Waals surface area contributed by atoms with E-state index < -0.39 is 0 Å². The average molecular weight is 269 g/mol. The predicted molar refractivity (Wildman–Crippen MR) is 75.3 cm³/mol. The van der Waals surface area contributed by atoms with Gasteiger partial charge in [0.05, 0.1) is 5.69 Å². The van der Waals surface area contributed by atoms with E-state index in [4.69, 9.17) is 11.6 Å². The van der Waals surface area contributed by atoms with Gasteiger partial charge in [0, 0.05) is 46.1 Å². The lowest BCUT2D eigenvalue weighted by Crippen LogP contribution is -1.86. The molecule has 4 rings (SSSR count). The second-order valence-electron chi connectivity index (χ2n) is 4.34. The normalized spacial score (nSPS) is 11.4. The summed E-state index contributed by atoms with van der Waals surface area (Å²) in [7, 11) is 0. The number of aromatic nitrogens is 4. The van der Waals surface area contributed by atoms with Crippen LogP contribution in [0.5, 0.6) is 0 Å². The Labute approximate surface area is 113 Å². The molecule has 1 aromatic carbocycles. The molecule has 5 heteroatoms. The molecule has 0 radical (unpaired) electrons. The maximum atomic E-state index is 6.06. The number of rotatable bonds is 1. The van der Waals surface area contributed by atoms with E-state index in [1.807, 2.05) is 42.7 Å². The molecule has 92 valence electrons. The number of hydrogen-bond acceptors (Lipinski definition) is 2. The molecule has 0 unspecified atom stereocenters. The van der Waals surface area contributed by atoms with Crippen molar-refractivity contribution in [2.75, 3.05) is 0 Å². The summed E-state index contributed by atoms with van der Waals surface area (Å²) in [6.45, 7) is 0. The van der Waals surface area contributed by atoms with Gasteiger partial charge in [-0.3, -0.25) is 0 Å². The monoisotopic (exact) mass is 268 g/mol. The lowest BCUT2D eigenvalue weighted by molar-refractivity contribution is 0.944. The van der Waals surface area contributed by atoms with Gasteiger partial charge in [0.2, 0.25) is 0 Å². The number of halogens is 1. The van der Waals surface area contributed by atoms with E-state index in [0.29, 0.717) is 0 Å². The van der Waals surface area contributed by atoms with Gasteiger partial charge >= 0.3 is 0 Å². The summed E-state index contributed by atoms with van der Waals surface area (Å²) in [5.74, 6) is 0. The van der Waals surface area contributed by atoms with E-state index >= 15 is 0 Å². The third kappa shape index (κ3) is 1.61. The van der Waals surface area contributed by atoms with Gasteiger partial charge in [-0.25, -0.2) is 9.50 Å². The first-order valence-electron chi connectivity index (χ1n) is 5.89. The molecule has 3 aromatic heterocycles. The van der Waals surface area contributed by atoms with E-state index in [-0.39, 0.29) is 0 Å². The molecule has 0 aliphatic carbocycles. The average Bonchev–Trinajstić information content (AvgIpc) is 3.00. The third-order valence-corrected chi connectivity index (χ3v) is 3.39. The Hall–Kier alpha value is -2.33. The topological polar surface area (TPSA) is 46.0 Å². The number of benzene rings is 1. The second-order valence-corrected chi connectivity index (χ2v) is 4.78. The fourth-order valence-electron chi connectivity index (χ4n) is 2.27. The van der Waals surface area contributed by atoms with Crippen LogP contribution in [0.3, 0.4) is 0 Å². The van der Waals surface area contributed by atoms with Crippen LogP contribution in [0.1, 0.15) is 0 Å².